The highest BCUT2D eigenvalue weighted by Gasteiger charge is 2.32. The number of pyridine rings is 1. The number of anilines is 1. The summed E-state index contributed by atoms with van der Waals surface area (Å²) in [5.41, 5.74) is 7.01. The Kier molecular flexibility index (Phi) is 10.1. The fourth-order valence-electron chi connectivity index (χ4n) is 3.50. The number of aliphatic carboxylic acids is 1. The first-order valence-electron chi connectivity index (χ1n) is 11.6. The number of hydrogen-bond donors (Lipinski definition) is 2. The quantitative estimate of drug-likeness (QED) is 0.340. The van der Waals surface area contributed by atoms with Crippen molar-refractivity contribution in [2.24, 2.45) is 5.73 Å². The van der Waals surface area contributed by atoms with Gasteiger partial charge in [-0.05, 0) is 42.3 Å². The molecule has 0 atom stereocenters. The van der Waals surface area contributed by atoms with Gasteiger partial charge in [0, 0.05) is 23.7 Å². The molecule has 0 unspecified atom stereocenters. The van der Waals surface area contributed by atoms with Gasteiger partial charge in [-0.2, -0.15) is 0 Å². The maximum Gasteiger partial charge on any atom is 0.317 e. The van der Waals surface area contributed by atoms with Crippen molar-refractivity contribution in [2.45, 2.75) is 19.9 Å². The van der Waals surface area contributed by atoms with E-state index >= 15 is 0 Å². The summed E-state index contributed by atoms with van der Waals surface area (Å²) >= 11 is 7.33. The molecule has 0 aliphatic carbocycles. The van der Waals surface area contributed by atoms with Gasteiger partial charge in [0.1, 0.15) is 9.84 Å². The van der Waals surface area contributed by atoms with Gasteiger partial charge >= 0.3 is 5.97 Å². The number of aromatic nitrogens is 1. The number of halogens is 1. The SMILES string of the molecule is CCS(=O)(=O)CCCOc1ccc(N2Cc3cc(-c4ccc(Cl)cn4)sc3C2=O)cc1OC.NCC(=O)O. The van der Waals surface area contributed by atoms with Gasteiger partial charge in [-0.25, -0.2) is 8.42 Å². The second kappa shape index (κ2) is 13.1. The Hall–Kier alpha value is -3.19. The van der Waals surface area contributed by atoms with Gasteiger partial charge in [0.15, 0.2) is 11.5 Å². The predicted molar refractivity (Wildman–Crippen MR) is 147 cm³/mol. The molecule has 3 N–H and O–H groups in total. The van der Waals surface area contributed by atoms with Gasteiger partial charge < -0.3 is 25.2 Å². The van der Waals surface area contributed by atoms with Crippen LogP contribution < -0.4 is 20.1 Å². The van der Waals surface area contributed by atoms with Crippen molar-refractivity contribution in [3.63, 3.8) is 0 Å². The normalized spacial score (nSPS) is 12.5. The molecular weight excluding hydrogens is 554 g/mol. The minimum atomic E-state index is -3.02. The van der Waals surface area contributed by atoms with Crippen LogP contribution in [-0.2, 0) is 21.2 Å². The average Bonchev–Trinajstić information content (AvgIpc) is 3.46. The van der Waals surface area contributed by atoms with Crippen molar-refractivity contribution < 1.29 is 32.6 Å². The Balaban J connectivity index is 0.000000732. The molecule has 3 heterocycles. The summed E-state index contributed by atoms with van der Waals surface area (Å²) in [5.74, 6) is 0.161. The Morgan fingerprint density at radius 3 is 2.55 bits per heavy atom. The number of thiophene rings is 1. The molecule has 0 saturated heterocycles. The predicted octanol–water partition coefficient (Wildman–Crippen LogP) is 3.87. The number of amides is 1. The highest BCUT2D eigenvalue weighted by atomic mass is 35.5. The molecular formula is C25H28ClN3O7S2. The molecule has 204 valence electrons. The molecule has 0 fully saturated rings. The molecule has 2 aromatic heterocycles. The fourth-order valence-corrected chi connectivity index (χ4v) is 5.55. The summed E-state index contributed by atoms with van der Waals surface area (Å²) in [7, 11) is -1.49. The molecule has 0 spiro atoms. The first kappa shape index (κ1) is 29.4. The van der Waals surface area contributed by atoms with Crippen LogP contribution in [0.15, 0.2) is 42.6 Å². The van der Waals surface area contributed by atoms with E-state index < -0.39 is 15.8 Å². The van der Waals surface area contributed by atoms with Crippen LogP contribution in [0.4, 0.5) is 5.69 Å². The van der Waals surface area contributed by atoms with E-state index in [4.69, 9.17) is 26.2 Å². The smallest absolute Gasteiger partial charge is 0.317 e. The maximum absolute atomic E-state index is 13.1. The zero-order valence-electron chi connectivity index (χ0n) is 20.8. The van der Waals surface area contributed by atoms with Crippen LogP contribution in [0, 0.1) is 0 Å². The van der Waals surface area contributed by atoms with Crippen molar-refractivity contribution in [3.8, 4) is 22.1 Å². The summed E-state index contributed by atoms with van der Waals surface area (Å²) in [6, 6.07) is 10.9. The Morgan fingerprint density at radius 1 is 1.24 bits per heavy atom. The lowest BCUT2D eigenvalue weighted by molar-refractivity contribution is -0.135. The summed E-state index contributed by atoms with van der Waals surface area (Å²) < 4.78 is 34.4. The van der Waals surface area contributed by atoms with Crippen molar-refractivity contribution >= 4 is 50.3 Å². The van der Waals surface area contributed by atoms with Crippen molar-refractivity contribution in [3.05, 3.63) is 58.1 Å². The van der Waals surface area contributed by atoms with Gasteiger partial charge in [-0.15, -0.1) is 11.3 Å². The molecule has 1 amide bonds. The number of methoxy groups -OCH3 is 1. The molecule has 1 aliphatic rings. The van der Waals surface area contributed by atoms with Crippen LogP contribution >= 0.6 is 22.9 Å². The zero-order chi connectivity index (χ0) is 27.9. The number of carboxylic acids is 1. The van der Waals surface area contributed by atoms with Crippen LogP contribution in [0.25, 0.3) is 10.6 Å². The molecule has 4 rings (SSSR count). The van der Waals surface area contributed by atoms with Crippen LogP contribution in [0.3, 0.4) is 0 Å². The second-order valence-corrected chi connectivity index (χ2v) is 12.1. The van der Waals surface area contributed by atoms with Crippen LogP contribution in [-0.4, -0.2) is 62.2 Å². The van der Waals surface area contributed by atoms with Gasteiger partial charge in [0.2, 0.25) is 0 Å². The molecule has 0 saturated carbocycles. The number of carbonyl (C=O) groups excluding carboxylic acids is 1. The van der Waals surface area contributed by atoms with E-state index in [0.717, 1.165) is 16.1 Å². The standard InChI is InChI=1S/C23H23ClN2O5S2.C2H5NO2/c1-3-33(28,29)10-4-9-31-19-8-6-17(12-20(19)30-2)26-14-15-11-21(32-22(15)23(26)27)18-7-5-16(24)13-25-18;3-1-2(4)5/h5-8,11-13H,3-4,9-10,14H2,1-2H3;1,3H2,(H,4,5). The van der Waals surface area contributed by atoms with E-state index in [0.29, 0.717) is 40.1 Å². The van der Waals surface area contributed by atoms with Gasteiger partial charge in [0.05, 0.1) is 53.0 Å². The third-order valence-corrected chi connectivity index (χ3v) is 8.69. The van der Waals surface area contributed by atoms with Crippen LogP contribution in [0.2, 0.25) is 5.02 Å². The zero-order valence-corrected chi connectivity index (χ0v) is 23.2. The number of sulfone groups is 1. The molecule has 3 aromatic rings. The van der Waals surface area contributed by atoms with E-state index in [-0.39, 0.29) is 30.6 Å². The van der Waals surface area contributed by atoms with E-state index in [1.165, 1.54) is 18.4 Å². The molecule has 38 heavy (non-hydrogen) atoms. The molecule has 1 aliphatic heterocycles. The average molecular weight is 582 g/mol. The van der Waals surface area contributed by atoms with E-state index in [2.05, 4.69) is 10.7 Å². The summed E-state index contributed by atoms with van der Waals surface area (Å²) in [6.07, 6.45) is 1.99. The van der Waals surface area contributed by atoms with Crippen molar-refractivity contribution in [2.75, 3.05) is 36.7 Å². The number of carboxylic acid groups (broad SMARTS) is 1. The number of fused-ring (bicyclic) bond motifs is 1. The van der Waals surface area contributed by atoms with Crippen LogP contribution in [0.5, 0.6) is 11.5 Å². The number of benzene rings is 1. The third-order valence-electron chi connectivity index (χ3n) is 5.49. The van der Waals surface area contributed by atoms with Gasteiger partial charge in [-0.3, -0.25) is 14.6 Å². The molecule has 10 nitrogen and oxygen atoms in total. The number of carbonyl (C=O) groups is 2. The first-order chi connectivity index (χ1) is 18.1. The maximum atomic E-state index is 13.1. The lowest BCUT2D eigenvalue weighted by atomic mass is 10.2. The highest BCUT2D eigenvalue weighted by Crippen LogP contribution is 2.40. The van der Waals surface area contributed by atoms with Crippen LogP contribution in [0.1, 0.15) is 28.6 Å². The minimum Gasteiger partial charge on any atom is -0.493 e. The van der Waals surface area contributed by atoms with E-state index in [9.17, 15) is 18.0 Å². The van der Waals surface area contributed by atoms with Gasteiger partial charge in [0.25, 0.3) is 5.91 Å². The molecule has 0 radical (unpaired) electrons. The number of nitrogens with zero attached hydrogens (tertiary/aromatic N) is 2. The number of hydrogen-bond acceptors (Lipinski definition) is 9. The largest absolute Gasteiger partial charge is 0.493 e. The molecule has 0 bridgehead atoms. The second-order valence-electron chi connectivity index (χ2n) is 8.09. The topological polar surface area (TPSA) is 149 Å². The Bertz CT molecular complexity index is 1390. The van der Waals surface area contributed by atoms with Crippen molar-refractivity contribution in [1.29, 1.82) is 0 Å². The van der Waals surface area contributed by atoms with E-state index in [1.807, 2.05) is 12.1 Å². The summed E-state index contributed by atoms with van der Waals surface area (Å²) in [5, 5.41) is 8.16. The highest BCUT2D eigenvalue weighted by molar-refractivity contribution is 7.91. The Labute approximate surface area is 229 Å². The van der Waals surface area contributed by atoms with Crippen molar-refractivity contribution in [1.82, 2.24) is 4.98 Å². The monoisotopic (exact) mass is 581 g/mol. The number of rotatable bonds is 10. The minimum absolute atomic E-state index is 0.0734. The Morgan fingerprint density at radius 2 is 1.97 bits per heavy atom. The molecule has 13 heteroatoms. The number of ether oxygens (including phenoxy) is 2. The first-order valence-corrected chi connectivity index (χ1v) is 14.6. The van der Waals surface area contributed by atoms with Gasteiger partial charge in [-0.1, -0.05) is 18.5 Å². The molecule has 1 aromatic carbocycles. The fraction of sp³-hybridized carbons (Fsp3) is 0.320. The summed E-state index contributed by atoms with van der Waals surface area (Å²) in [6.45, 7) is 2.07. The lowest BCUT2D eigenvalue weighted by Gasteiger charge is -2.18. The third kappa shape index (κ3) is 7.44. The summed E-state index contributed by atoms with van der Waals surface area (Å²) in [4.78, 5) is 30.0. The number of nitrogens with two attached hydrogens (primary N) is 1. The lowest BCUT2D eigenvalue weighted by Crippen LogP contribution is -2.23. The van der Waals surface area contributed by atoms with E-state index in [1.54, 1.807) is 42.3 Å².